The van der Waals surface area contributed by atoms with E-state index in [1.165, 1.54) is 33.7 Å². The third kappa shape index (κ3) is 1.86. The summed E-state index contributed by atoms with van der Waals surface area (Å²) in [5.41, 5.74) is 2.91. The van der Waals surface area contributed by atoms with Gasteiger partial charge in [0.05, 0.1) is 0 Å². The zero-order chi connectivity index (χ0) is 12.5. The van der Waals surface area contributed by atoms with Gasteiger partial charge in [0.15, 0.2) is 0 Å². The first kappa shape index (κ1) is 12.1. The Morgan fingerprint density at radius 2 is 2.22 bits per heavy atom. The van der Waals surface area contributed by atoms with Crippen LogP contribution >= 0.6 is 11.8 Å². The summed E-state index contributed by atoms with van der Waals surface area (Å²) >= 11 is 2.03. The van der Waals surface area contributed by atoms with E-state index in [1.807, 2.05) is 11.8 Å². The van der Waals surface area contributed by atoms with E-state index >= 15 is 0 Å². The number of para-hydroxylation sites is 1. The molecule has 3 heteroatoms. The topological polar surface area (TPSA) is 17.0 Å². The molecule has 1 atom stereocenters. The number of nitrogens with zero attached hydrogens (tertiary/aromatic N) is 1. The minimum absolute atomic E-state index is 0.665. The molecular weight excluding hydrogens is 240 g/mol. The quantitative estimate of drug-likeness (QED) is 0.911. The number of aryl methyl sites for hydroxylation is 1. The molecule has 1 aromatic heterocycles. The fourth-order valence-corrected chi connectivity index (χ4v) is 4.33. The second-order valence-electron chi connectivity index (χ2n) is 4.93. The van der Waals surface area contributed by atoms with Crippen molar-refractivity contribution in [2.45, 2.75) is 24.2 Å². The average molecular weight is 260 g/mol. The van der Waals surface area contributed by atoms with Gasteiger partial charge >= 0.3 is 0 Å². The number of benzene rings is 1. The van der Waals surface area contributed by atoms with Crippen molar-refractivity contribution in [3.8, 4) is 0 Å². The average Bonchev–Trinajstić information content (AvgIpc) is 2.72. The van der Waals surface area contributed by atoms with Crippen molar-refractivity contribution < 1.29 is 0 Å². The lowest BCUT2D eigenvalue weighted by Crippen LogP contribution is -2.24. The molecule has 0 saturated heterocycles. The Morgan fingerprint density at radius 3 is 3.06 bits per heavy atom. The molecule has 1 unspecified atom stereocenters. The summed E-state index contributed by atoms with van der Waals surface area (Å²) in [6, 6.07) is 8.78. The van der Waals surface area contributed by atoms with E-state index < -0.39 is 0 Å². The predicted molar refractivity (Wildman–Crippen MR) is 79.5 cm³/mol. The molecule has 2 nitrogen and oxygen atoms in total. The summed E-state index contributed by atoms with van der Waals surface area (Å²) in [7, 11) is 2.21. The molecular formula is C15H20N2S. The maximum atomic E-state index is 3.51. The molecule has 0 bridgehead atoms. The van der Waals surface area contributed by atoms with Crippen molar-refractivity contribution in [1.82, 2.24) is 9.88 Å². The van der Waals surface area contributed by atoms with Crippen molar-refractivity contribution in [2.75, 3.05) is 18.8 Å². The molecule has 1 aromatic carbocycles. The van der Waals surface area contributed by atoms with Crippen LogP contribution in [0.3, 0.4) is 0 Å². The number of hydrogen-bond donors (Lipinski definition) is 1. The molecule has 1 N–H and O–H groups in total. The third-order valence-electron chi connectivity index (χ3n) is 3.84. The van der Waals surface area contributed by atoms with Crippen LogP contribution in [0.5, 0.6) is 0 Å². The lowest BCUT2D eigenvalue weighted by molar-refractivity contribution is 0.548. The lowest BCUT2D eigenvalue weighted by atomic mass is 10.0. The maximum Gasteiger partial charge on any atom is 0.0491 e. The molecule has 1 aliphatic rings. The van der Waals surface area contributed by atoms with Gasteiger partial charge in [0.1, 0.15) is 0 Å². The van der Waals surface area contributed by atoms with Crippen LogP contribution in [-0.4, -0.2) is 23.4 Å². The van der Waals surface area contributed by atoms with Crippen LogP contribution in [0.2, 0.25) is 0 Å². The van der Waals surface area contributed by atoms with Crippen molar-refractivity contribution in [3.05, 3.63) is 30.0 Å². The van der Waals surface area contributed by atoms with Crippen molar-refractivity contribution >= 4 is 22.7 Å². The van der Waals surface area contributed by atoms with Crippen LogP contribution in [0, 0.1) is 0 Å². The van der Waals surface area contributed by atoms with Gasteiger partial charge < -0.3 is 9.88 Å². The summed E-state index contributed by atoms with van der Waals surface area (Å²) < 4.78 is 2.40. The number of likely N-dealkylation sites (N-methyl/N-ethyl adjacent to an activating group) is 1. The first-order valence-corrected chi connectivity index (χ1v) is 7.72. The highest BCUT2D eigenvalue weighted by molar-refractivity contribution is 7.99. The number of fused-ring (bicyclic) bond motifs is 3. The minimum Gasteiger partial charge on any atom is -0.346 e. The molecule has 0 fully saturated rings. The second kappa shape index (κ2) is 4.98. The van der Waals surface area contributed by atoms with Crippen LogP contribution < -0.4 is 5.32 Å². The number of nitrogens with one attached hydrogen (secondary N) is 1. The van der Waals surface area contributed by atoms with E-state index in [0.29, 0.717) is 5.92 Å². The molecule has 0 spiro atoms. The Labute approximate surface area is 113 Å². The van der Waals surface area contributed by atoms with Gasteiger partial charge in [-0.2, -0.15) is 0 Å². The van der Waals surface area contributed by atoms with E-state index in [2.05, 4.69) is 48.1 Å². The first-order valence-electron chi connectivity index (χ1n) is 6.73. The molecule has 0 aliphatic carbocycles. The normalized spacial score (nSPS) is 19.1. The third-order valence-corrected chi connectivity index (χ3v) is 5.00. The maximum absolute atomic E-state index is 3.51. The molecule has 3 rings (SSSR count). The number of thioether (sulfide) groups is 1. The Kier molecular flexibility index (Phi) is 3.35. The Morgan fingerprint density at radius 1 is 1.39 bits per heavy atom. The predicted octanol–water partition coefficient (Wildman–Crippen LogP) is 3.37. The fourth-order valence-electron chi connectivity index (χ4n) is 2.95. The fraction of sp³-hybridized carbons (Fsp3) is 0.467. The van der Waals surface area contributed by atoms with Crippen LogP contribution in [0.25, 0.3) is 10.9 Å². The van der Waals surface area contributed by atoms with Crippen molar-refractivity contribution in [2.24, 2.45) is 7.05 Å². The molecule has 0 amide bonds. The molecule has 18 heavy (non-hydrogen) atoms. The highest BCUT2D eigenvalue weighted by Gasteiger charge is 2.26. The highest BCUT2D eigenvalue weighted by atomic mass is 32.2. The van der Waals surface area contributed by atoms with E-state index in [9.17, 15) is 0 Å². The zero-order valence-electron chi connectivity index (χ0n) is 11.1. The summed E-state index contributed by atoms with van der Waals surface area (Å²) in [5.74, 6) is 1.91. The van der Waals surface area contributed by atoms with Gasteiger partial charge in [-0.1, -0.05) is 25.1 Å². The van der Waals surface area contributed by atoms with Gasteiger partial charge in [0.25, 0.3) is 0 Å². The second-order valence-corrected chi connectivity index (χ2v) is 6.04. The number of aromatic nitrogens is 1. The van der Waals surface area contributed by atoms with Crippen LogP contribution in [0.1, 0.15) is 25.0 Å². The zero-order valence-corrected chi connectivity index (χ0v) is 11.9. The highest BCUT2D eigenvalue weighted by Crippen LogP contribution is 2.43. The molecule has 0 saturated carbocycles. The van der Waals surface area contributed by atoms with Gasteiger partial charge in [-0.25, -0.2) is 0 Å². The molecule has 1 aliphatic heterocycles. The van der Waals surface area contributed by atoms with Crippen LogP contribution in [0.4, 0.5) is 0 Å². The van der Waals surface area contributed by atoms with Crippen molar-refractivity contribution in [1.29, 1.82) is 0 Å². The molecule has 0 radical (unpaired) electrons. The van der Waals surface area contributed by atoms with E-state index in [4.69, 9.17) is 0 Å². The van der Waals surface area contributed by atoms with Gasteiger partial charge in [-0.05, 0) is 24.8 Å². The Hall–Kier alpha value is -0.930. The van der Waals surface area contributed by atoms with Gasteiger partial charge in [-0.15, -0.1) is 11.8 Å². The molecule has 2 heterocycles. The molecule has 2 aromatic rings. The van der Waals surface area contributed by atoms with Gasteiger partial charge in [0, 0.05) is 41.0 Å². The van der Waals surface area contributed by atoms with Crippen LogP contribution in [-0.2, 0) is 7.05 Å². The number of hydrogen-bond acceptors (Lipinski definition) is 2. The summed E-state index contributed by atoms with van der Waals surface area (Å²) in [4.78, 5) is 1.52. The smallest absolute Gasteiger partial charge is 0.0491 e. The van der Waals surface area contributed by atoms with Crippen LogP contribution in [0.15, 0.2) is 29.2 Å². The van der Waals surface area contributed by atoms with E-state index in [-0.39, 0.29) is 0 Å². The Bertz CT molecular complexity index is 559. The first-order chi connectivity index (χ1) is 8.83. The van der Waals surface area contributed by atoms with Gasteiger partial charge in [0.2, 0.25) is 0 Å². The lowest BCUT2D eigenvalue weighted by Gasteiger charge is -2.24. The minimum atomic E-state index is 0.665. The Balaban J connectivity index is 2.11. The monoisotopic (exact) mass is 260 g/mol. The van der Waals surface area contributed by atoms with E-state index in [1.54, 1.807) is 0 Å². The summed E-state index contributed by atoms with van der Waals surface area (Å²) in [6.45, 7) is 4.34. The van der Waals surface area contributed by atoms with Gasteiger partial charge in [-0.3, -0.25) is 0 Å². The standard InChI is InChI=1S/C15H20N2S/c1-3-16-10-11-8-9-18-15-12-6-4-5-7-13(12)17(2)14(11)15/h4-7,11,16H,3,8-10H2,1-2H3. The van der Waals surface area contributed by atoms with E-state index in [0.717, 1.165) is 13.1 Å². The SMILES string of the molecule is CCNCC1CCSc2c1n(C)c1ccccc21. The largest absolute Gasteiger partial charge is 0.346 e. The van der Waals surface area contributed by atoms with Crippen molar-refractivity contribution in [3.63, 3.8) is 0 Å². The summed E-state index contributed by atoms with van der Waals surface area (Å²) in [5, 5.41) is 4.94. The molecule has 96 valence electrons. The number of rotatable bonds is 3. The summed E-state index contributed by atoms with van der Waals surface area (Å²) in [6.07, 6.45) is 1.29.